The molecule has 2 rings (SSSR count). The summed E-state index contributed by atoms with van der Waals surface area (Å²) in [5, 5.41) is 6.79. The maximum atomic E-state index is 12.1. The molecule has 0 atom stereocenters. The van der Waals surface area contributed by atoms with E-state index in [1.54, 1.807) is 31.2 Å². The SMILES string of the molecule is COc1cccc(C(=O)N/N=C(/C)CC(=O)Nc2ccc(N(C)C)cc2)c1. The lowest BCUT2D eigenvalue weighted by Crippen LogP contribution is -2.21. The van der Waals surface area contributed by atoms with Crippen LogP contribution in [0.4, 0.5) is 11.4 Å². The molecule has 0 heterocycles. The Hall–Kier alpha value is -3.35. The van der Waals surface area contributed by atoms with Crippen LogP contribution in [-0.4, -0.2) is 38.7 Å². The molecular weight excluding hydrogens is 344 g/mol. The molecule has 0 unspecified atom stereocenters. The zero-order chi connectivity index (χ0) is 19.8. The minimum absolute atomic E-state index is 0.0772. The summed E-state index contributed by atoms with van der Waals surface area (Å²) < 4.78 is 5.09. The fourth-order valence-corrected chi connectivity index (χ4v) is 2.30. The van der Waals surface area contributed by atoms with Crippen LogP contribution in [-0.2, 0) is 4.79 Å². The first-order chi connectivity index (χ1) is 12.9. The van der Waals surface area contributed by atoms with Crippen molar-refractivity contribution in [2.24, 2.45) is 5.10 Å². The Labute approximate surface area is 159 Å². The highest BCUT2D eigenvalue weighted by Gasteiger charge is 2.08. The van der Waals surface area contributed by atoms with E-state index in [2.05, 4.69) is 15.8 Å². The normalized spacial score (nSPS) is 10.9. The van der Waals surface area contributed by atoms with Crippen molar-refractivity contribution in [3.63, 3.8) is 0 Å². The zero-order valence-electron chi connectivity index (χ0n) is 15.9. The maximum absolute atomic E-state index is 12.1. The maximum Gasteiger partial charge on any atom is 0.271 e. The van der Waals surface area contributed by atoms with Gasteiger partial charge in [0.15, 0.2) is 0 Å². The fourth-order valence-electron chi connectivity index (χ4n) is 2.30. The van der Waals surface area contributed by atoms with Crippen molar-refractivity contribution in [3.8, 4) is 5.75 Å². The summed E-state index contributed by atoms with van der Waals surface area (Å²) in [6.45, 7) is 1.68. The molecule has 2 aromatic carbocycles. The van der Waals surface area contributed by atoms with Crippen LogP contribution in [0, 0.1) is 0 Å². The Kier molecular flexibility index (Phi) is 6.93. The molecule has 0 spiro atoms. The molecule has 7 heteroatoms. The molecule has 0 bridgehead atoms. The topological polar surface area (TPSA) is 83.0 Å². The molecule has 0 fully saturated rings. The number of hydrogen-bond acceptors (Lipinski definition) is 5. The third-order valence-corrected chi connectivity index (χ3v) is 3.76. The van der Waals surface area contributed by atoms with Crippen LogP contribution < -0.4 is 20.4 Å². The average molecular weight is 368 g/mol. The first-order valence-corrected chi connectivity index (χ1v) is 8.44. The molecule has 27 heavy (non-hydrogen) atoms. The molecule has 0 aliphatic carbocycles. The first-order valence-electron chi connectivity index (χ1n) is 8.44. The monoisotopic (exact) mass is 368 g/mol. The van der Waals surface area contributed by atoms with E-state index in [9.17, 15) is 9.59 Å². The smallest absolute Gasteiger partial charge is 0.271 e. The minimum Gasteiger partial charge on any atom is -0.497 e. The fraction of sp³-hybridized carbons (Fsp3) is 0.250. The van der Waals surface area contributed by atoms with E-state index in [-0.39, 0.29) is 18.2 Å². The van der Waals surface area contributed by atoms with E-state index in [1.807, 2.05) is 43.3 Å². The van der Waals surface area contributed by atoms with E-state index in [4.69, 9.17) is 4.74 Å². The van der Waals surface area contributed by atoms with Crippen LogP contribution in [0.3, 0.4) is 0 Å². The number of benzene rings is 2. The van der Waals surface area contributed by atoms with Gasteiger partial charge in [-0.1, -0.05) is 6.07 Å². The van der Waals surface area contributed by atoms with Crippen LogP contribution in [0.5, 0.6) is 5.75 Å². The Morgan fingerprint density at radius 1 is 1.11 bits per heavy atom. The lowest BCUT2D eigenvalue weighted by molar-refractivity contribution is -0.115. The largest absolute Gasteiger partial charge is 0.497 e. The van der Waals surface area contributed by atoms with Gasteiger partial charge in [0.2, 0.25) is 5.91 Å². The number of carbonyl (C=O) groups is 2. The standard InChI is InChI=1S/C20H24N4O3/c1-14(22-23-20(26)15-6-5-7-18(13-15)27-4)12-19(25)21-16-8-10-17(11-9-16)24(2)3/h5-11,13H,12H2,1-4H3,(H,21,25)(H,23,26)/b22-14-. The minimum atomic E-state index is -0.368. The molecule has 2 amide bonds. The summed E-state index contributed by atoms with van der Waals surface area (Å²) in [7, 11) is 5.44. The molecule has 2 N–H and O–H groups in total. The van der Waals surface area contributed by atoms with Crippen LogP contribution in [0.1, 0.15) is 23.7 Å². The first kappa shape index (κ1) is 20.0. The summed E-state index contributed by atoms with van der Waals surface area (Å²) in [6, 6.07) is 14.3. The van der Waals surface area contributed by atoms with Gasteiger partial charge in [0.1, 0.15) is 5.75 Å². The number of methoxy groups -OCH3 is 1. The lowest BCUT2D eigenvalue weighted by Gasteiger charge is -2.13. The quantitative estimate of drug-likeness (QED) is 0.581. The molecule has 0 saturated heterocycles. The van der Waals surface area contributed by atoms with Gasteiger partial charge >= 0.3 is 0 Å². The number of nitrogens with one attached hydrogen (secondary N) is 2. The van der Waals surface area contributed by atoms with Gasteiger partial charge in [-0.15, -0.1) is 0 Å². The molecule has 0 radical (unpaired) electrons. The van der Waals surface area contributed by atoms with Crippen LogP contribution in [0.25, 0.3) is 0 Å². The highest BCUT2D eigenvalue weighted by atomic mass is 16.5. The molecule has 7 nitrogen and oxygen atoms in total. The second kappa shape index (κ2) is 9.38. The van der Waals surface area contributed by atoms with E-state index in [0.29, 0.717) is 22.7 Å². The van der Waals surface area contributed by atoms with E-state index in [0.717, 1.165) is 5.69 Å². The summed E-state index contributed by atoms with van der Waals surface area (Å²) in [5.74, 6) is 0.0143. The van der Waals surface area contributed by atoms with E-state index >= 15 is 0 Å². The van der Waals surface area contributed by atoms with Gasteiger partial charge in [-0.25, -0.2) is 5.43 Å². The van der Waals surface area contributed by atoms with Gasteiger partial charge in [-0.3, -0.25) is 9.59 Å². The van der Waals surface area contributed by atoms with Crippen molar-refractivity contribution in [3.05, 3.63) is 54.1 Å². The van der Waals surface area contributed by atoms with Crippen LogP contribution >= 0.6 is 0 Å². The Morgan fingerprint density at radius 2 is 1.81 bits per heavy atom. The van der Waals surface area contributed by atoms with Gasteiger partial charge in [0.05, 0.1) is 13.5 Å². The second-order valence-corrected chi connectivity index (χ2v) is 6.19. The highest BCUT2D eigenvalue weighted by molar-refractivity contribution is 6.06. The van der Waals surface area contributed by atoms with Gasteiger partial charge in [-0.2, -0.15) is 5.10 Å². The summed E-state index contributed by atoms with van der Waals surface area (Å²) >= 11 is 0. The molecule has 0 aliphatic rings. The highest BCUT2D eigenvalue weighted by Crippen LogP contribution is 2.16. The van der Waals surface area contributed by atoms with Gasteiger partial charge < -0.3 is 15.0 Å². The molecule has 2 aromatic rings. The number of anilines is 2. The zero-order valence-corrected chi connectivity index (χ0v) is 15.9. The molecule has 0 aliphatic heterocycles. The van der Waals surface area contributed by atoms with Crippen LogP contribution in [0.2, 0.25) is 0 Å². The molecule has 0 saturated carbocycles. The third kappa shape index (κ3) is 6.14. The van der Waals surface area contributed by atoms with Crippen molar-refractivity contribution in [2.45, 2.75) is 13.3 Å². The average Bonchev–Trinajstić information content (AvgIpc) is 2.66. The Morgan fingerprint density at radius 3 is 2.44 bits per heavy atom. The van der Waals surface area contributed by atoms with Crippen molar-refractivity contribution in [2.75, 3.05) is 31.4 Å². The Balaban J connectivity index is 1.88. The lowest BCUT2D eigenvalue weighted by atomic mass is 10.2. The molecule has 0 aromatic heterocycles. The molecule has 142 valence electrons. The second-order valence-electron chi connectivity index (χ2n) is 6.19. The predicted octanol–water partition coefficient (Wildman–Crippen LogP) is 2.90. The number of hydrogen-bond donors (Lipinski definition) is 2. The summed E-state index contributed by atoms with van der Waals surface area (Å²) in [5.41, 5.74) is 5.12. The van der Waals surface area contributed by atoms with Crippen molar-refractivity contribution < 1.29 is 14.3 Å². The number of ether oxygens (including phenoxy) is 1. The van der Waals surface area contributed by atoms with Crippen LogP contribution in [0.15, 0.2) is 53.6 Å². The number of nitrogens with zero attached hydrogens (tertiary/aromatic N) is 2. The molecular formula is C20H24N4O3. The van der Waals surface area contributed by atoms with Crippen molar-refractivity contribution in [1.82, 2.24) is 5.43 Å². The van der Waals surface area contributed by atoms with Gasteiger partial charge in [0, 0.05) is 36.7 Å². The van der Waals surface area contributed by atoms with E-state index < -0.39 is 0 Å². The van der Waals surface area contributed by atoms with E-state index in [1.165, 1.54) is 7.11 Å². The summed E-state index contributed by atoms with van der Waals surface area (Å²) in [4.78, 5) is 26.2. The number of amides is 2. The Bertz CT molecular complexity index is 829. The number of carbonyl (C=O) groups excluding carboxylic acids is 2. The number of rotatable bonds is 7. The predicted molar refractivity (Wildman–Crippen MR) is 108 cm³/mol. The third-order valence-electron chi connectivity index (χ3n) is 3.76. The van der Waals surface area contributed by atoms with Crippen molar-refractivity contribution >= 4 is 28.9 Å². The number of hydrazone groups is 1. The van der Waals surface area contributed by atoms with Gasteiger partial charge in [-0.05, 0) is 49.4 Å². The summed E-state index contributed by atoms with van der Waals surface area (Å²) in [6.07, 6.45) is 0.0772. The van der Waals surface area contributed by atoms with Gasteiger partial charge in [0.25, 0.3) is 5.91 Å². The van der Waals surface area contributed by atoms with Crippen molar-refractivity contribution in [1.29, 1.82) is 0 Å².